The van der Waals surface area contributed by atoms with Crippen LogP contribution in [0.4, 0.5) is 0 Å². The van der Waals surface area contributed by atoms with E-state index < -0.39 is 18.4 Å². The van der Waals surface area contributed by atoms with Crippen molar-refractivity contribution in [3.05, 3.63) is 0 Å². The first-order valence-corrected chi connectivity index (χ1v) is 6.35. The lowest BCUT2D eigenvalue weighted by molar-refractivity contribution is -0.147. The van der Waals surface area contributed by atoms with Gasteiger partial charge in [-0.3, -0.25) is 20.4 Å². The summed E-state index contributed by atoms with van der Waals surface area (Å²) in [6.45, 7) is 0. The van der Waals surface area contributed by atoms with Crippen LogP contribution in [0.5, 0.6) is 0 Å². The lowest BCUT2D eigenvalue weighted by atomic mass is 10.5. The molecule has 14 heteroatoms. The minimum Gasteiger partial charge on any atom is -0.481 e. The molecule has 144 valence electrons. The topological polar surface area (TPSA) is 258 Å². The molecule has 0 saturated heterocycles. The Morgan fingerprint density at radius 1 is 0.800 bits per heavy atom. The van der Waals surface area contributed by atoms with E-state index in [2.05, 4.69) is 9.98 Å². The van der Waals surface area contributed by atoms with Crippen molar-refractivity contribution < 1.29 is 19.8 Å². The summed E-state index contributed by atoms with van der Waals surface area (Å²) in [6, 6.07) is 0. The van der Waals surface area contributed by atoms with Gasteiger partial charge in [-0.2, -0.15) is 9.98 Å². The van der Waals surface area contributed by atoms with Crippen LogP contribution in [0.3, 0.4) is 0 Å². The number of nitrogens with zero attached hydrogens (tertiary/aromatic N) is 4. The maximum Gasteiger partial charge on any atom is 0.314 e. The summed E-state index contributed by atoms with van der Waals surface area (Å²) in [5.74, 6) is -2.70. The number of rotatable bonds is 2. The van der Waals surface area contributed by atoms with E-state index in [4.69, 9.17) is 44.0 Å². The van der Waals surface area contributed by atoms with Crippen LogP contribution in [-0.2, 0) is 9.59 Å². The number of hydrogen-bond acceptors (Lipinski definition) is 4. The number of aliphatic carboxylic acids is 2. The third-order valence-electron chi connectivity index (χ3n) is 1.69. The summed E-state index contributed by atoms with van der Waals surface area (Å²) in [5, 5.41) is 28.8. The predicted molar refractivity (Wildman–Crippen MR) is 94.3 cm³/mol. The highest BCUT2D eigenvalue weighted by Crippen LogP contribution is 1.75. The highest BCUT2D eigenvalue weighted by molar-refractivity contribution is 5.92. The first-order chi connectivity index (χ1) is 11.2. The summed E-state index contributed by atoms with van der Waals surface area (Å²) >= 11 is 0. The predicted octanol–water partition coefficient (Wildman–Crippen LogP) is -2.94. The van der Waals surface area contributed by atoms with Gasteiger partial charge in [-0.05, 0) is 0 Å². The summed E-state index contributed by atoms with van der Waals surface area (Å²) in [4.78, 5) is 28.9. The van der Waals surface area contributed by atoms with Crippen molar-refractivity contribution in [3.63, 3.8) is 0 Å². The molecule has 0 bridgehead atoms. The molecular formula is C11H26N10O4. The van der Waals surface area contributed by atoms with Crippen molar-refractivity contribution in [2.45, 2.75) is 6.42 Å². The Kier molecular flexibility index (Phi) is 14.8. The average molecular weight is 362 g/mol. The molecule has 25 heavy (non-hydrogen) atoms. The van der Waals surface area contributed by atoms with Crippen LogP contribution in [0.1, 0.15) is 6.42 Å². The second-order valence-corrected chi connectivity index (χ2v) is 4.46. The van der Waals surface area contributed by atoms with Crippen molar-refractivity contribution in [2.24, 2.45) is 32.9 Å². The molecule has 14 nitrogen and oxygen atoms in total. The maximum atomic E-state index is 9.43. The Morgan fingerprint density at radius 3 is 1.08 bits per heavy atom. The zero-order chi connectivity index (χ0) is 20.7. The number of carboxylic acids is 2. The van der Waals surface area contributed by atoms with E-state index in [1.54, 1.807) is 38.0 Å². The standard InChI is InChI=1S/2C4H11N5.C3H4O4/c2*1-9(2)4(7)8-3(5)6;4-2(5)1-3(6)7/h2*1-2H3,(H5,5,6,7,8);1H2,(H,4,5)(H,6,7). The number of hydrogen-bond donors (Lipinski definition) is 8. The Labute approximate surface area is 144 Å². The maximum absolute atomic E-state index is 9.43. The van der Waals surface area contributed by atoms with E-state index >= 15 is 0 Å². The van der Waals surface area contributed by atoms with E-state index in [-0.39, 0.29) is 23.8 Å². The fourth-order valence-corrected chi connectivity index (χ4v) is 0.576. The molecule has 0 rings (SSSR count). The van der Waals surface area contributed by atoms with E-state index in [0.29, 0.717) is 0 Å². The molecule has 0 fully saturated rings. The monoisotopic (exact) mass is 362 g/mol. The molecular weight excluding hydrogens is 336 g/mol. The van der Waals surface area contributed by atoms with Crippen LogP contribution in [0.15, 0.2) is 9.98 Å². The molecule has 0 aliphatic carbocycles. The molecule has 0 spiro atoms. The number of nitrogens with two attached hydrogens (primary N) is 4. The number of carboxylic acid groups (broad SMARTS) is 2. The van der Waals surface area contributed by atoms with Crippen LogP contribution < -0.4 is 22.9 Å². The number of aliphatic imine (C=N–C) groups is 2. The number of nitrogens with one attached hydrogen (secondary N) is 2. The lowest BCUT2D eigenvalue weighted by Gasteiger charge is -2.08. The number of guanidine groups is 4. The SMILES string of the molecule is CN(C)C(N)=NC(=N)N.CN(C)C(N)=NC(=N)N.O=C(O)CC(=O)O. The Balaban J connectivity index is -0.000000293. The Bertz CT molecular complexity index is 481. The van der Waals surface area contributed by atoms with Crippen molar-refractivity contribution in [2.75, 3.05) is 28.2 Å². The third-order valence-corrected chi connectivity index (χ3v) is 1.69. The summed E-state index contributed by atoms with van der Waals surface area (Å²) < 4.78 is 0. The molecule has 0 heterocycles. The van der Waals surface area contributed by atoms with Crippen molar-refractivity contribution in [3.8, 4) is 0 Å². The molecule has 0 amide bonds. The first-order valence-electron chi connectivity index (χ1n) is 6.35. The highest BCUT2D eigenvalue weighted by atomic mass is 16.4. The third kappa shape index (κ3) is 25.7. The van der Waals surface area contributed by atoms with Gasteiger partial charge in [-0.1, -0.05) is 0 Å². The fraction of sp³-hybridized carbons (Fsp3) is 0.455. The molecule has 0 saturated carbocycles. The lowest BCUT2D eigenvalue weighted by Crippen LogP contribution is -2.32. The Morgan fingerprint density at radius 2 is 1.04 bits per heavy atom. The van der Waals surface area contributed by atoms with Crippen molar-refractivity contribution >= 4 is 35.8 Å². The van der Waals surface area contributed by atoms with Crippen LogP contribution in [0.2, 0.25) is 0 Å². The Hall–Kier alpha value is -3.58. The van der Waals surface area contributed by atoms with Gasteiger partial charge in [-0.15, -0.1) is 0 Å². The molecule has 0 aromatic heterocycles. The smallest absolute Gasteiger partial charge is 0.314 e. The van der Waals surface area contributed by atoms with Gasteiger partial charge < -0.3 is 42.9 Å². The summed E-state index contributed by atoms with van der Waals surface area (Å²) in [7, 11) is 6.90. The highest BCUT2D eigenvalue weighted by Gasteiger charge is 2.01. The van der Waals surface area contributed by atoms with Crippen LogP contribution in [0, 0.1) is 10.8 Å². The van der Waals surface area contributed by atoms with Crippen LogP contribution in [-0.4, -0.2) is 84.0 Å². The van der Waals surface area contributed by atoms with E-state index in [1.165, 1.54) is 0 Å². The average Bonchev–Trinajstić information content (AvgIpc) is 2.36. The minimum absolute atomic E-state index is 0.238. The summed E-state index contributed by atoms with van der Waals surface area (Å²) in [6.07, 6.45) is -0.806. The molecule has 0 radical (unpaired) electrons. The van der Waals surface area contributed by atoms with Crippen LogP contribution >= 0.6 is 0 Å². The molecule has 0 atom stereocenters. The first kappa shape index (κ1) is 26.3. The summed E-state index contributed by atoms with van der Waals surface area (Å²) in [5.41, 5.74) is 20.4. The van der Waals surface area contributed by atoms with Gasteiger partial charge in [0.05, 0.1) is 0 Å². The normalized spacial score (nSPS) is 10.2. The van der Waals surface area contributed by atoms with Gasteiger partial charge in [0.2, 0.25) is 11.9 Å². The van der Waals surface area contributed by atoms with Gasteiger partial charge in [0.15, 0.2) is 11.9 Å². The zero-order valence-corrected chi connectivity index (χ0v) is 14.5. The van der Waals surface area contributed by atoms with Gasteiger partial charge in [0, 0.05) is 28.2 Å². The molecule has 0 aromatic rings. The van der Waals surface area contributed by atoms with Gasteiger partial charge in [0.25, 0.3) is 0 Å². The van der Waals surface area contributed by atoms with Gasteiger partial charge in [0.1, 0.15) is 6.42 Å². The van der Waals surface area contributed by atoms with E-state index in [9.17, 15) is 9.59 Å². The van der Waals surface area contributed by atoms with Gasteiger partial charge in [-0.25, -0.2) is 0 Å². The molecule has 0 aliphatic heterocycles. The van der Waals surface area contributed by atoms with Gasteiger partial charge >= 0.3 is 11.9 Å². The van der Waals surface area contributed by atoms with Crippen molar-refractivity contribution in [1.82, 2.24) is 9.80 Å². The zero-order valence-electron chi connectivity index (χ0n) is 14.5. The quantitative estimate of drug-likeness (QED) is 0.141. The second-order valence-electron chi connectivity index (χ2n) is 4.46. The second kappa shape index (κ2) is 14.0. The van der Waals surface area contributed by atoms with E-state index in [0.717, 1.165) is 0 Å². The molecule has 0 aromatic carbocycles. The molecule has 0 unspecified atom stereocenters. The van der Waals surface area contributed by atoms with Crippen LogP contribution in [0.25, 0.3) is 0 Å². The number of carbonyl (C=O) groups is 2. The largest absolute Gasteiger partial charge is 0.481 e. The fourth-order valence-electron chi connectivity index (χ4n) is 0.576. The molecule has 0 aliphatic rings. The minimum atomic E-state index is -1.31. The van der Waals surface area contributed by atoms with Crippen molar-refractivity contribution in [1.29, 1.82) is 10.8 Å². The van der Waals surface area contributed by atoms with E-state index in [1.807, 2.05) is 0 Å². The molecule has 12 N–H and O–H groups in total.